The number of amides is 1. The molecule has 0 spiro atoms. The lowest BCUT2D eigenvalue weighted by atomic mass is 10.2. The largest absolute Gasteiger partial charge is 0.341 e. The number of nitrogens with zero attached hydrogens (tertiary/aromatic N) is 4. The third kappa shape index (κ3) is 5.08. The highest BCUT2D eigenvalue weighted by atomic mass is 32.1. The minimum absolute atomic E-state index is 0.184. The molecule has 0 radical (unpaired) electrons. The summed E-state index contributed by atoms with van der Waals surface area (Å²) in [5, 5.41) is 0.991. The van der Waals surface area contributed by atoms with Gasteiger partial charge in [-0.25, -0.2) is 4.98 Å². The maximum Gasteiger partial charge on any atom is 0.228 e. The van der Waals surface area contributed by atoms with Crippen LogP contribution >= 0.6 is 11.3 Å². The van der Waals surface area contributed by atoms with Crippen molar-refractivity contribution in [3.05, 3.63) is 71.0 Å². The van der Waals surface area contributed by atoms with Crippen molar-refractivity contribution in [1.82, 2.24) is 19.8 Å². The van der Waals surface area contributed by atoms with Crippen LogP contribution in [0.3, 0.4) is 0 Å². The van der Waals surface area contributed by atoms with Crippen LogP contribution in [0, 0.1) is 6.92 Å². The number of benzene rings is 1. The zero-order chi connectivity index (χ0) is 20.1. The smallest absolute Gasteiger partial charge is 0.228 e. The van der Waals surface area contributed by atoms with E-state index in [9.17, 15) is 4.79 Å². The van der Waals surface area contributed by atoms with Gasteiger partial charge in [-0.15, -0.1) is 11.3 Å². The predicted molar refractivity (Wildman–Crippen MR) is 117 cm³/mol. The third-order valence-corrected chi connectivity index (χ3v) is 6.39. The van der Waals surface area contributed by atoms with Gasteiger partial charge in [0.2, 0.25) is 5.91 Å². The van der Waals surface area contributed by atoms with Gasteiger partial charge in [0.05, 0.1) is 12.1 Å². The number of aromatic nitrogens is 2. The maximum absolute atomic E-state index is 12.9. The Balaban J connectivity index is 1.36. The first-order chi connectivity index (χ1) is 14.2. The van der Waals surface area contributed by atoms with Crippen molar-refractivity contribution < 1.29 is 4.79 Å². The molecule has 1 aromatic carbocycles. The lowest BCUT2D eigenvalue weighted by Crippen LogP contribution is -2.36. The number of carbonyl (C=O) groups is 1. The summed E-state index contributed by atoms with van der Waals surface area (Å²) in [5.74, 6) is 0.184. The van der Waals surface area contributed by atoms with E-state index in [2.05, 4.69) is 41.1 Å². The van der Waals surface area contributed by atoms with Crippen molar-refractivity contribution in [2.75, 3.05) is 26.2 Å². The fraction of sp³-hybridized carbons (Fsp3) is 0.348. The van der Waals surface area contributed by atoms with E-state index in [-0.39, 0.29) is 5.91 Å². The van der Waals surface area contributed by atoms with Gasteiger partial charge in [-0.1, -0.05) is 30.3 Å². The van der Waals surface area contributed by atoms with E-state index in [0.717, 1.165) is 60.3 Å². The summed E-state index contributed by atoms with van der Waals surface area (Å²) in [5.41, 5.74) is 3.30. The lowest BCUT2D eigenvalue weighted by Gasteiger charge is -2.22. The van der Waals surface area contributed by atoms with Crippen LogP contribution in [-0.4, -0.2) is 51.9 Å². The van der Waals surface area contributed by atoms with Crippen molar-refractivity contribution in [2.24, 2.45) is 0 Å². The second-order valence-electron chi connectivity index (χ2n) is 7.43. The number of pyridine rings is 1. The number of rotatable bonds is 5. The van der Waals surface area contributed by atoms with Gasteiger partial charge in [-0.3, -0.25) is 14.7 Å². The summed E-state index contributed by atoms with van der Waals surface area (Å²) in [6.07, 6.45) is 5.06. The molecule has 1 fully saturated rings. The van der Waals surface area contributed by atoms with E-state index in [1.165, 1.54) is 5.56 Å². The first kappa shape index (κ1) is 19.7. The molecule has 5 nitrogen and oxygen atoms in total. The van der Waals surface area contributed by atoms with E-state index in [1.807, 2.05) is 35.5 Å². The second-order valence-corrected chi connectivity index (χ2v) is 8.63. The first-order valence-corrected chi connectivity index (χ1v) is 10.9. The fourth-order valence-electron chi connectivity index (χ4n) is 3.68. The van der Waals surface area contributed by atoms with Crippen molar-refractivity contribution >= 4 is 17.2 Å². The van der Waals surface area contributed by atoms with Gasteiger partial charge in [0.25, 0.3) is 0 Å². The molecule has 29 heavy (non-hydrogen) atoms. The molecule has 6 heteroatoms. The Labute approximate surface area is 176 Å². The monoisotopic (exact) mass is 406 g/mol. The van der Waals surface area contributed by atoms with E-state index in [4.69, 9.17) is 4.98 Å². The number of aryl methyl sites for hydroxylation is 1. The van der Waals surface area contributed by atoms with Crippen LogP contribution in [0.1, 0.15) is 22.6 Å². The SMILES string of the molecule is Cc1sc(-c2ccccc2)nc1CC(=O)N1CCCN(Cc2ccncc2)CC1. The minimum Gasteiger partial charge on any atom is -0.341 e. The molecule has 3 heterocycles. The summed E-state index contributed by atoms with van der Waals surface area (Å²) < 4.78 is 0. The predicted octanol–water partition coefficient (Wildman–Crippen LogP) is 3.79. The van der Waals surface area contributed by atoms with Crippen molar-refractivity contribution in [3.63, 3.8) is 0 Å². The molecular weight excluding hydrogens is 380 g/mol. The standard InChI is InChI=1S/C23H26N4OS/c1-18-21(25-23(29-18)20-6-3-2-4-7-20)16-22(28)27-13-5-12-26(14-15-27)17-19-8-10-24-11-9-19/h2-4,6-11H,5,12-17H2,1H3. The van der Waals surface area contributed by atoms with Crippen molar-refractivity contribution in [2.45, 2.75) is 26.3 Å². The van der Waals surface area contributed by atoms with Gasteiger partial charge >= 0.3 is 0 Å². The summed E-state index contributed by atoms with van der Waals surface area (Å²) in [6, 6.07) is 14.3. The van der Waals surface area contributed by atoms with Crippen molar-refractivity contribution in [1.29, 1.82) is 0 Å². The topological polar surface area (TPSA) is 49.3 Å². The Morgan fingerprint density at radius 3 is 2.62 bits per heavy atom. The molecule has 0 N–H and O–H groups in total. The highest BCUT2D eigenvalue weighted by Crippen LogP contribution is 2.28. The van der Waals surface area contributed by atoms with Gasteiger partial charge in [0.15, 0.2) is 0 Å². The average Bonchev–Trinajstić information content (AvgIpc) is 2.96. The second kappa shape index (κ2) is 9.29. The molecule has 1 aliphatic heterocycles. The maximum atomic E-state index is 12.9. The van der Waals surface area contributed by atoms with Gasteiger partial charge in [-0.2, -0.15) is 0 Å². The molecule has 1 aliphatic rings. The molecule has 150 valence electrons. The van der Waals surface area contributed by atoms with Gasteiger partial charge in [0, 0.05) is 55.6 Å². The van der Waals surface area contributed by atoms with E-state index >= 15 is 0 Å². The Kier molecular flexibility index (Phi) is 6.32. The molecule has 0 saturated carbocycles. The molecule has 1 amide bonds. The molecule has 1 saturated heterocycles. The van der Waals surface area contributed by atoms with E-state index < -0.39 is 0 Å². The van der Waals surface area contributed by atoms with Gasteiger partial charge in [-0.05, 0) is 31.0 Å². The number of hydrogen-bond donors (Lipinski definition) is 0. The first-order valence-electron chi connectivity index (χ1n) is 10.1. The summed E-state index contributed by atoms with van der Waals surface area (Å²) >= 11 is 1.67. The Morgan fingerprint density at radius 1 is 1.03 bits per heavy atom. The Hall–Kier alpha value is -2.57. The Bertz CT molecular complexity index is 942. The summed E-state index contributed by atoms with van der Waals surface area (Å²) in [4.78, 5) is 27.4. The fourth-order valence-corrected chi connectivity index (χ4v) is 4.61. The number of thiazole rings is 1. The van der Waals surface area contributed by atoms with E-state index in [0.29, 0.717) is 6.42 Å². The minimum atomic E-state index is 0.184. The van der Waals surface area contributed by atoms with Crippen LogP contribution in [-0.2, 0) is 17.8 Å². The Morgan fingerprint density at radius 2 is 1.83 bits per heavy atom. The molecule has 0 bridgehead atoms. The third-order valence-electron chi connectivity index (χ3n) is 5.33. The molecule has 0 atom stereocenters. The summed E-state index contributed by atoms with van der Waals surface area (Å²) in [6.45, 7) is 6.49. The summed E-state index contributed by atoms with van der Waals surface area (Å²) in [7, 11) is 0. The number of carbonyl (C=O) groups excluding carboxylic acids is 1. The lowest BCUT2D eigenvalue weighted by molar-refractivity contribution is -0.130. The van der Waals surface area contributed by atoms with Crippen LogP contribution < -0.4 is 0 Å². The average molecular weight is 407 g/mol. The van der Waals surface area contributed by atoms with Crippen LogP contribution in [0.4, 0.5) is 0 Å². The molecule has 0 unspecified atom stereocenters. The highest BCUT2D eigenvalue weighted by Gasteiger charge is 2.21. The zero-order valence-corrected chi connectivity index (χ0v) is 17.6. The highest BCUT2D eigenvalue weighted by molar-refractivity contribution is 7.15. The molecule has 4 rings (SSSR count). The van der Waals surface area contributed by atoms with Crippen LogP contribution in [0.25, 0.3) is 10.6 Å². The molecular formula is C23H26N4OS. The molecule has 0 aliphatic carbocycles. The van der Waals surface area contributed by atoms with Crippen LogP contribution in [0.5, 0.6) is 0 Å². The van der Waals surface area contributed by atoms with Gasteiger partial charge in [0.1, 0.15) is 5.01 Å². The quantitative estimate of drug-likeness (QED) is 0.647. The molecule has 2 aromatic heterocycles. The van der Waals surface area contributed by atoms with E-state index in [1.54, 1.807) is 11.3 Å². The normalized spacial score (nSPS) is 15.3. The van der Waals surface area contributed by atoms with Crippen molar-refractivity contribution in [3.8, 4) is 10.6 Å². The molecule has 3 aromatic rings. The van der Waals surface area contributed by atoms with Crippen LogP contribution in [0.2, 0.25) is 0 Å². The number of hydrogen-bond acceptors (Lipinski definition) is 5. The van der Waals surface area contributed by atoms with Gasteiger partial charge < -0.3 is 4.90 Å². The zero-order valence-electron chi connectivity index (χ0n) is 16.8. The van der Waals surface area contributed by atoms with Crippen LogP contribution in [0.15, 0.2) is 54.9 Å².